The van der Waals surface area contributed by atoms with E-state index in [1.165, 1.54) is 0 Å². The molecule has 0 saturated carbocycles. The van der Waals surface area contributed by atoms with Gasteiger partial charge in [-0.15, -0.1) is 0 Å². The first-order chi connectivity index (χ1) is 27.7. The highest BCUT2D eigenvalue weighted by Gasteiger charge is 2.18. The second-order valence-electron chi connectivity index (χ2n) is 14.0. The zero-order valence-electron chi connectivity index (χ0n) is 30.1. The first-order valence-electron chi connectivity index (χ1n) is 18.7. The van der Waals surface area contributed by atoms with Gasteiger partial charge in [0.15, 0.2) is 17.5 Å². The summed E-state index contributed by atoms with van der Waals surface area (Å²) in [7, 11) is 0. The van der Waals surface area contributed by atoms with Crippen molar-refractivity contribution in [1.29, 1.82) is 0 Å². The van der Waals surface area contributed by atoms with Gasteiger partial charge in [0.2, 0.25) is 0 Å². The number of nitrogens with zero attached hydrogens (tertiary/aromatic N) is 3. The van der Waals surface area contributed by atoms with E-state index in [0.717, 1.165) is 93.9 Å². The van der Waals surface area contributed by atoms with Crippen LogP contribution in [0.25, 0.3) is 111 Å². The van der Waals surface area contributed by atoms with Crippen LogP contribution in [0.4, 0.5) is 0 Å². The predicted octanol–water partition coefficient (Wildman–Crippen LogP) is 13.7. The zero-order valence-corrected chi connectivity index (χ0v) is 30.1. The minimum atomic E-state index is 0.552. The van der Waals surface area contributed by atoms with Gasteiger partial charge in [-0.1, -0.05) is 164 Å². The summed E-state index contributed by atoms with van der Waals surface area (Å²) in [6.07, 6.45) is 0. The summed E-state index contributed by atoms with van der Waals surface area (Å²) < 4.78 is 13.0. The molecule has 0 saturated heterocycles. The third-order valence-corrected chi connectivity index (χ3v) is 10.6. The summed E-state index contributed by atoms with van der Waals surface area (Å²) in [5.74, 6) is 1.72. The van der Waals surface area contributed by atoms with Crippen LogP contribution in [0.2, 0.25) is 0 Å². The average molecular weight is 718 g/mol. The molecule has 0 amide bonds. The second kappa shape index (κ2) is 13.0. The average Bonchev–Trinajstić information content (AvgIpc) is 3.85. The number of benzene rings is 8. The SMILES string of the molecule is c1ccc(-c2ccc(-c3nc(-c4ccc(-c5ccc6c(c5)oc5c(-c7ccccc7)cccc56)cc4)nc(-c4cccc5c4oc4ccccc45)n3)cc2)cc1. The molecule has 8 aromatic carbocycles. The lowest BCUT2D eigenvalue weighted by Crippen LogP contribution is -2.00. The number of hydrogen-bond donors (Lipinski definition) is 0. The molecule has 56 heavy (non-hydrogen) atoms. The first kappa shape index (κ1) is 31.9. The largest absolute Gasteiger partial charge is 0.455 e. The molecule has 0 unspecified atom stereocenters. The van der Waals surface area contributed by atoms with Gasteiger partial charge in [0.05, 0.1) is 5.56 Å². The molecule has 0 atom stereocenters. The van der Waals surface area contributed by atoms with E-state index in [1.807, 2.05) is 42.5 Å². The van der Waals surface area contributed by atoms with Crippen molar-refractivity contribution in [2.75, 3.05) is 0 Å². The van der Waals surface area contributed by atoms with Gasteiger partial charge in [-0.25, -0.2) is 15.0 Å². The summed E-state index contributed by atoms with van der Waals surface area (Å²) >= 11 is 0. The zero-order chi connectivity index (χ0) is 37.0. The smallest absolute Gasteiger partial charge is 0.167 e. The van der Waals surface area contributed by atoms with Crippen molar-refractivity contribution in [2.45, 2.75) is 0 Å². The predicted molar refractivity (Wildman–Crippen MR) is 227 cm³/mol. The summed E-state index contributed by atoms with van der Waals surface area (Å²) in [6.45, 7) is 0. The van der Waals surface area contributed by atoms with Crippen LogP contribution in [0.15, 0.2) is 197 Å². The third kappa shape index (κ3) is 5.45. The molecule has 0 aliphatic rings. The molecule has 0 fully saturated rings. The maximum atomic E-state index is 6.55. The molecule has 0 aliphatic carbocycles. The van der Waals surface area contributed by atoms with Gasteiger partial charge in [-0.2, -0.15) is 0 Å². The molecule has 3 aromatic heterocycles. The van der Waals surface area contributed by atoms with Gasteiger partial charge in [0.1, 0.15) is 22.3 Å². The van der Waals surface area contributed by atoms with Crippen molar-refractivity contribution in [2.24, 2.45) is 0 Å². The fourth-order valence-electron chi connectivity index (χ4n) is 7.75. The van der Waals surface area contributed by atoms with E-state index in [1.54, 1.807) is 0 Å². The molecule has 11 aromatic rings. The quantitative estimate of drug-likeness (QED) is 0.171. The maximum absolute atomic E-state index is 6.55. The third-order valence-electron chi connectivity index (χ3n) is 10.6. The molecule has 0 spiro atoms. The van der Waals surface area contributed by atoms with E-state index in [4.69, 9.17) is 23.8 Å². The van der Waals surface area contributed by atoms with Crippen LogP contribution in [0, 0.1) is 0 Å². The van der Waals surface area contributed by atoms with Crippen LogP contribution in [-0.4, -0.2) is 15.0 Å². The Morgan fingerprint density at radius 1 is 0.268 bits per heavy atom. The second-order valence-corrected chi connectivity index (χ2v) is 14.0. The van der Waals surface area contributed by atoms with Crippen LogP contribution in [-0.2, 0) is 0 Å². The molecular weight excluding hydrogens is 687 g/mol. The van der Waals surface area contributed by atoms with Gasteiger partial charge in [-0.3, -0.25) is 0 Å². The topological polar surface area (TPSA) is 65.0 Å². The Labute approximate surface area is 322 Å². The van der Waals surface area contributed by atoms with Crippen molar-refractivity contribution >= 4 is 43.9 Å². The van der Waals surface area contributed by atoms with Crippen LogP contribution in [0.5, 0.6) is 0 Å². The Morgan fingerprint density at radius 3 is 1.39 bits per heavy atom. The molecular formula is C51H31N3O2. The van der Waals surface area contributed by atoms with Crippen molar-refractivity contribution < 1.29 is 8.83 Å². The maximum Gasteiger partial charge on any atom is 0.167 e. The Balaban J connectivity index is 0.999. The standard InChI is InChI=1S/C51H31N3O2/c1-3-11-32(12-4-1)33-21-25-36(26-22-33)49-52-50(54-51(53-49)44-19-10-18-42-40-15-7-8-20-45(40)55-48(42)44)37-27-23-34(24-28-37)38-29-30-41-43-17-9-16-39(35-13-5-2-6-14-35)47(43)56-46(41)31-38/h1-31H. The fraction of sp³-hybridized carbons (Fsp3) is 0. The number of para-hydroxylation sites is 3. The summed E-state index contributed by atoms with van der Waals surface area (Å²) in [6, 6.07) is 64.6. The Bertz CT molecular complexity index is 3220. The van der Waals surface area contributed by atoms with Crippen LogP contribution >= 0.6 is 0 Å². The van der Waals surface area contributed by atoms with Crippen molar-refractivity contribution in [3.05, 3.63) is 188 Å². The lowest BCUT2D eigenvalue weighted by Gasteiger charge is -2.10. The molecule has 0 N–H and O–H groups in total. The minimum absolute atomic E-state index is 0.552. The van der Waals surface area contributed by atoms with Crippen molar-refractivity contribution in [3.8, 4) is 67.5 Å². The summed E-state index contributed by atoms with van der Waals surface area (Å²) in [5.41, 5.74) is 12.6. The van der Waals surface area contributed by atoms with Gasteiger partial charge >= 0.3 is 0 Å². The van der Waals surface area contributed by atoms with Gasteiger partial charge < -0.3 is 8.83 Å². The van der Waals surface area contributed by atoms with Crippen LogP contribution < -0.4 is 0 Å². The van der Waals surface area contributed by atoms with E-state index in [9.17, 15) is 0 Å². The number of hydrogen-bond acceptors (Lipinski definition) is 5. The van der Waals surface area contributed by atoms with Gasteiger partial charge in [-0.05, 0) is 52.1 Å². The number of fused-ring (bicyclic) bond motifs is 6. The Hall–Kier alpha value is -7.63. The van der Waals surface area contributed by atoms with E-state index >= 15 is 0 Å². The molecule has 3 heterocycles. The lowest BCUT2D eigenvalue weighted by atomic mass is 10.0. The van der Waals surface area contributed by atoms with Crippen molar-refractivity contribution in [1.82, 2.24) is 15.0 Å². The first-order valence-corrected chi connectivity index (χ1v) is 18.7. The fourth-order valence-corrected chi connectivity index (χ4v) is 7.75. The van der Waals surface area contributed by atoms with E-state index in [0.29, 0.717) is 17.5 Å². The lowest BCUT2D eigenvalue weighted by molar-refractivity contribution is 0.669. The molecule has 0 aliphatic heterocycles. The number of aromatic nitrogens is 3. The molecule has 262 valence electrons. The van der Waals surface area contributed by atoms with Crippen LogP contribution in [0.3, 0.4) is 0 Å². The van der Waals surface area contributed by atoms with E-state index < -0.39 is 0 Å². The van der Waals surface area contributed by atoms with Crippen molar-refractivity contribution in [3.63, 3.8) is 0 Å². The van der Waals surface area contributed by atoms with Gasteiger partial charge in [0, 0.05) is 38.2 Å². The highest BCUT2D eigenvalue weighted by Crippen LogP contribution is 2.39. The molecule has 5 heteroatoms. The Kier molecular flexibility index (Phi) is 7.42. The number of rotatable bonds is 6. The monoisotopic (exact) mass is 717 g/mol. The normalized spacial score (nSPS) is 11.6. The van der Waals surface area contributed by atoms with Crippen LogP contribution in [0.1, 0.15) is 0 Å². The van der Waals surface area contributed by atoms with Gasteiger partial charge in [0.25, 0.3) is 0 Å². The molecule has 5 nitrogen and oxygen atoms in total. The molecule has 0 radical (unpaired) electrons. The minimum Gasteiger partial charge on any atom is -0.455 e. The number of furan rings is 2. The van der Waals surface area contributed by atoms with E-state index in [2.05, 4.69) is 146 Å². The molecule has 0 bridgehead atoms. The summed E-state index contributed by atoms with van der Waals surface area (Å²) in [5, 5.41) is 4.29. The molecule has 11 rings (SSSR count). The highest BCUT2D eigenvalue weighted by atomic mass is 16.3. The highest BCUT2D eigenvalue weighted by molar-refractivity contribution is 6.11. The van der Waals surface area contributed by atoms with E-state index in [-0.39, 0.29) is 0 Å². The summed E-state index contributed by atoms with van der Waals surface area (Å²) in [4.78, 5) is 15.2. The Morgan fingerprint density at radius 2 is 0.714 bits per heavy atom.